The van der Waals surface area contributed by atoms with E-state index in [4.69, 9.17) is 9.47 Å². The number of amides is 2. The summed E-state index contributed by atoms with van der Waals surface area (Å²) in [6.45, 7) is 0.714. The number of nitrogens with zero attached hydrogens (tertiary/aromatic N) is 1. The summed E-state index contributed by atoms with van der Waals surface area (Å²) in [4.78, 5) is 42.5. The largest absolute Gasteiger partial charge is 0.463 e. The number of ether oxygens (including phenoxy) is 2. The number of cyclic esters (lactones) is 1. The van der Waals surface area contributed by atoms with Gasteiger partial charge in [0, 0.05) is 13.0 Å². The van der Waals surface area contributed by atoms with E-state index >= 15 is 0 Å². The minimum Gasteiger partial charge on any atom is -0.463 e. The Labute approximate surface area is 271 Å². The fourth-order valence-electron chi connectivity index (χ4n) is 6.18. The van der Waals surface area contributed by atoms with Crippen LogP contribution in [0.3, 0.4) is 0 Å². The number of aliphatic hydroxyl groups is 1. The van der Waals surface area contributed by atoms with Crippen molar-refractivity contribution in [3.63, 3.8) is 0 Å². The van der Waals surface area contributed by atoms with Gasteiger partial charge in [0.05, 0.1) is 43.7 Å². The number of benzene rings is 3. The summed E-state index contributed by atoms with van der Waals surface area (Å²) >= 11 is 0. The molecule has 2 heterocycles. The lowest BCUT2D eigenvalue weighted by Crippen LogP contribution is -2.49. The normalized spacial score (nSPS) is 22.4. The monoisotopic (exact) mass is 624 g/mol. The van der Waals surface area contributed by atoms with Gasteiger partial charge in [0.15, 0.2) is 0 Å². The molecule has 5 rings (SSSR count). The van der Waals surface area contributed by atoms with Crippen LogP contribution in [0.1, 0.15) is 47.9 Å². The lowest BCUT2D eigenvalue weighted by atomic mass is 9.92. The van der Waals surface area contributed by atoms with E-state index in [0.29, 0.717) is 45.3 Å². The highest BCUT2D eigenvalue weighted by Gasteiger charge is 2.33. The van der Waals surface area contributed by atoms with Crippen LogP contribution in [0.25, 0.3) is 0 Å². The molecular weight excluding hydrogens is 580 g/mol. The van der Waals surface area contributed by atoms with Crippen molar-refractivity contribution in [2.75, 3.05) is 19.8 Å². The van der Waals surface area contributed by atoms with E-state index in [0.717, 1.165) is 22.3 Å². The number of aliphatic hydroxyl groups excluding tert-OH is 1. The van der Waals surface area contributed by atoms with Crippen molar-refractivity contribution in [1.82, 2.24) is 10.2 Å². The molecule has 0 aromatic heterocycles. The number of esters is 1. The van der Waals surface area contributed by atoms with Crippen molar-refractivity contribution in [2.45, 2.75) is 63.8 Å². The summed E-state index contributed by atoms with van der Waals surface area (Å²) < 4.78 is 11.8. The predicted molar refractivity (Wildman–Crippen MR) is 175 cm³/mol. The topological polar surface area (TPSA) is 105 Å². The summed E-state index contributed by atoms with van der Waals surface area (Å²) in [7, 11) is 0. The molecule has 0 bridgehead atoms. The van der Waals surface area contributed by atoms with E-state index in [1.165, 1.54) is 0 Å². The molecular formula is C38H44N2O6. The highest BCUT2D eigenvalue weighted by Crippen LogP contribution is 2.26. The molecule has 2 amide bonds. The van der Waals surface area contributed by atoms with Crippen molar-refractivity contribution < 1.29 is 29.0 Å². The second kappa shape index (κ2) is 16.9. The molecule has 0 saturated carbocycles. The van der Waals surface area contributed by atoms with Crippen LogP contribution in [-0.2, 0) is 49.9 Å². The maximum absolute atomic E-state index is 13.8. The molecule has 3 aromatic rings. The molecule has 0 aliphatic carbocycles. The Kier molecular flexibility index (Phi) is 12.1. The molecule has 8 nitrogen and oxygen atoms in total. The van der Waals surface area contributed by atoms with Gasteiger partial charge in [-0.05, 0) is 54.4 Å². The van der Waals surface area contributed by atoms with Crippen molar-refractivity contribution in [2.24, 2.45) is 11.8 Å². The van der Waals surface area contributed by atoms with Crippen LogP contribution in [0.4, 0.5) is 0 Å². The van der Waals surface area contributed by atoms with Crippen molar-refractivity contribution in [3.8, 4) is 0 Å². The maximum Gasteiger partial charge on any atom is 0.309 e. The van der Waals surface area contributed by atoms with Gasteiger partial charge >= 0.3 is 5.97 Å². The number of allylic oxidation sites excluding steroid dienone is 2. The van der Waals surface area contributed by atoms with Crippen LogP contribution in [0.15, 0.2) is 97.1 Å². The van der Waals surface area contributed by atoms with Crippen molar-refractivity contribution in [3.05, 3.63) is 119 Å². The first-order valence-electron chi connectivity index (χ1n) is 16.2. The molecule has 2 aliphatic heterocycles. The molecule has 242 valence electrons. The van der Waals surface area contributed by atoms with Gasteiger partial charge in [-0.1, -0.05) is 97.1 Å². The highest BCUT2D eigenvalue weighted by atomic mass is 16.5. The van der Waals surface area contributed by atoms with Gasteiger partial charge in [-0.15, -0.1) is 0 Å². The summed E-state index contributed by atoms with van der Waals surface area (Å²) in [6, 6.07) is 26.6. The van der Waals surface area contributed by atoms with Gasteiger partial charge in [0.2, 0.25) is 11.8 Å². The zero-order valence-corrected chi connectivity index (χ0v) is 26.3. The lowest BCUT2D eigenvalue weighted by Gasteiger charge is -2.36. The number of rotatable bonds is 9. The van der Waals surface area contributed by atoms with Gasteiger partial charge in [0.25, 0.3) is 0 Å². The molecule has 0 radical (unpaired) electrons. The molecule has 4 atom stereocenters. The number of nitrogens with one attached hydrogen (secondary N) is 1. The fraction of sp³-hybridized carbons (Fsp3) is 0.395. The Hall–Kier alpha value is -4.27. The van der Waals surface area contributed by atoms with E-state index in [2.05, 4.69) is 5.32 Å². The molecule has 4 unspecified atom stereocenters. The molecule has 0 fully saturated rings. The predicted octanol–water partition coefficient (Wildman–Crippen LogP) is 4.78. The quantitative estimate of drug-likeness (QED) is 0.262. The first-order valence-corrected chi connectivity index (χ1v) is 16.2. The maximum atomic E-state index is 13.8. The number of hydrogen-bond acceptors (Lipinski definition) is 6. The van der Waals surface area contributed by atoms with E-state index in [1.807, 2.05) is 97.1 Å². The fourth-order valence-corrected chi connectivity index (χ4v) is 6.18. The number of carbonyl (C=O) groups excluding carboxylic acids is 3. The molecule has 0 spiro atoms. The molecule has 46 heavy (non-hydrogen) atoms. The number of fused-ring (bicyclic) bond motifs is 1. The van der Waals surface area contributed by atoms with E-state index in [9.17, 15) is 19.5 Å². The molecule has 0 saturated heterocycles. The SMILES string of the molecule is O=C1NC(COCc2ccccc2)COC(=O)C(Cc2ccccc2)CCC=CCC1CC(=O)N1Cc2ccccc2CC1CO. The third-order valence-corrected chi connectivity index (χ3v) is 8.81. The third-order valence-electron chi connectivity index (χ3n) is 8.81. The highest BCUT2D eigenvalue weighted by molar-refractivity contribution is 5.86. The van der Waals surface area contributed by atoms with Gasteiger partial charge < -0.3 is 24.8 Å². The summed E-state index contributed by atoms with van der Waals surface area (Å²) in [5.74, 6) is -1.72. The number of carbonyl (C=O) groups is 3. The standard InChI is InChI=1S/C38H44N2O6/c41-24-35-21-30-16-10-11-19-33(30)23-40(35)36(42)22-31-17-8-3-9-18-32(20-28-12-4-1-5-13-28)38(44)46-27-34(39-37(31)43)26-45-25-29-14-6-2-7-15-29/h1-8,10-16,19,31-32,34-35,41H,9,17-18,20-27H2,(H,39,43). The second-order valence-electron chi connectivity index (χ2n) is 12.2. The van der Waals surface area contributed by atoms with Gasteiger partial charge in [-0.2, -0.15) is 0 Å². The van der Waals surface area contributed by atoms with Gasteiger partial charge in [-0.25, -0.2) is 0 Å². The molecule has 8 heteroatoms. The van der Waals surface area contributed by atoms with Gasteiger partial charge in [-0.3, -0.25) is 14.4 Å². The Morgan fingerprint density at radius 3 is 2.33 bits per heavy atom. The van der Waals surface area contributed by atoms with Crippen molar-refractivity contribution in [1.29, 1.82) is 0 Å². The van der Waals surface area contributed by atoms with Crippen LogP contribution < -0.4 is 5.32 Å². The Balaban J connectivity index is 1.30. The van der Waals surface area contributed by atoms with E-state index < -0.39 is 12.0 Å². The van der Waals surface area contributed by atoms with Crippen LogP contribution in [-0.4, -0.2) is 59.7 Å². The third kappa shape index (κ3) is 9.37. The van der Waals surface area contributed by atoms with Crippen LogP contribution in [0, 0.1) is 11.8 Å². The minimum atomic E-state index is -0.631. The molecule has 3 aromatic carbocycles. The zero-order valence-electron chi connectivity index (χ0n) is 26.3. The Bertz CT molecular complexity index is 1460. The summed E-state index contributed by atoms with van der Waals surface area (Å²) in [5, 5.41) is 13.2. The van der Waals surface area contributed by atoms with Crippen LogP contribution in [0.5, 0.6) is 0 Å². The van der Waals surface area contributed by atoms with Crippen LogP contribution >= 0.6 is 0 Å². The average Bonchev–Trinajstić information content (AvgIpc) is 3.09. The lowest BCUT2D eigenvalue weighted by molar-refractivity contribution is -0.150. The summed E-state index contributed by atoms with van der Waals surface area (Å²) in [6.07, 6.45) is 6.70. The molecule has 2 N–H and O–H groups in total. The molecule has 2 aliphatic rings. The zero-order chi connectivity index (χ0) is 32.1. The average molecular weight is 625 g/mol. The van der Waals surface area contributed by atoms with Gasteiger partial charge in [0.1, 0.15) is 6.61 Å². The summed E-state index contributed by atoms with van der Waals surface area (Å²) in [5.41, 5.74) is 4.25. The number of hydrogen-bond donors (Lipinski definition) is 2. The van der Waals surface area contributed by atoms with Crippen molar-refractivity contribution >= 4 is 17.8 Å². The first-order chi connectivity index (χ1) is 22.5. The van der Waals surface area contributed by atoms with Crippen LogP contribution in [0.2, 0.25) is 0 Å². The Morgan fingerprint density at radius 2 is 1.59 bits per heavy atom. The first kappa shape index (κ1) is 33.1. The minimum absolute atomic E-state index is 0.00283. The van der Waals surface area contributed by atoms with E-state index in [1.54, 1.807) is 4.90 Å². The van der Waals surface area contributed by atoms with E-state index in [-0.39, 0.29) is 56.0 Å². The Morgan fingerprint density at radius 1 is 0.891 bits per heavy atom. The smallest absolute Gasteiger partial charge is 0.309 e. The second-order valence-corrected chi connectivity index (χ2v) is 12.2.